The Morgan fingerprint density at radius 2 is 2.11 bits per heavy atom. The van der Waals surface area contributed by atoms with Crippen LogP contribution in [0.15, 0.2) is 18.6 Å². The number of hydrogen-bond donors (Lipinski definition) is 1. The van der Waals surface area contributed by atoms with Crippen LogP contribution >= 0.6 is 0 Å². The van der Waals surface area contributed by atoms with Crippen LogP contribution in [0, 0.1) is 0 Å². The minimum atomic E-state index is 0.0835. The van der Waals surface area contributed by atoms with Crippen molar-refractivity contribution in [2.75, 3.05) is 0 Å². The molecule has 104 valence electrons. The second-order valence-electron chi connectivity index (χ2n) is 5.72. The fraction of sp³-hybridized carbons (Fsp3) is 0.615. The molecular weight excluding hydrogens is 240 g/mol. The fourth-order valence-electron chi connectivity index (χ4n) is 1.74. The van der Waals surface area contributed by atoms with Gasteiger partial charge in [0.15, 0.2) is 5.82 Å². The standard InChI is InChI=1S/C13H22N6/c1-13(2,3)15-9-12-14-10-19(17-12)8-6-11-5-7-16-18(11)4/h5,7,10,15H,6,8-9H2,1-4H3. The third kappa shape index (κ3) is 4.17. The van der Waals surface area contributed by atoms with Crippen LogP contribution in [0.3, 0.4) is 0 Å². The Kier molecular flexibility index (Phi) is 3.99. The Balaban J connectivity index is 1.86. The summed E-state index contributed by atoms with van der Waals surface area (Å²) in [7, 11) is 1.95. The van der Waals surface area contributed by atoms with Gasteiger partial charge in [0.2, 0.25) is 0 Å². The Hall–Kier alpha value is -1.69. The number of hydrogen-bond acceptors (Lipinski definition) is 4. The number of nitrogens with one attached hydrogen (secondary N) is 1. The SMILES string of the molecule is Cn1nccc1CCn1cnc(CNC(C)(C)C)n1. The van der Waals surface area contributed by atoms with Crippen LogP contribution < -0.4 is 5.32 Å². The lowest BCUT2D eigenvalue weighted by Gasteiger charge is -2.19. The van der Waals surface area contributed by atoms with Crippen molar-refractivity contribution >= 4 is 0 Å². The molecule has 6 heteroatoms. The summed E-state index contributed by atoms with van der Waals surface area (Å²) in [5, 5.41) is 12.0. The van der Waals surface area contributed by atoms with Crippen molar-refractivity contribution in [2.45, 2.75) is 45.8 Å². The molecule has 2 heterocycles. The fourth-order valence-corrected chi connectivity index (χ4v) is 1.74. The van der Waals surface area contributed by atoms with Crippen LogP contribution in [0.1, 0.15) is 32.3 Å². The highest BCUT2D eigenvalue weighted by atomic mass is 15.3. The third-order valence-corrected chi connectivity index (χ3v) is 2.88. The van der Waals surface area contributed by atoms with Crippen LogP contribution in [-0.2, 0) is 26.6 Å². The van der Waals surface area contributed by atoms with Crippen LogP contribution in [0.4, 0.5) is 0 Å². The van der Waals surface area contributed by atoms with E-state index in [0.717, 1.165) is 18.8 Å². The van der Waals surface area contributed by atoms with E-state index in [4.69, 9.17) is 0 Å². The van der Waals surface area contributed by atoms with Crippen molar-refractivity contribution < 1.29 is 0 Å². The first-order chi connectivity index (χ1) is 8.94. The average molecular weight is 262 g/mol. The zero-order valence-electron chi connectivity index (χ0n) is 12.1. The molecule has 0 fully saturated rings. The molecule has 0 saturated carbocycles. The molecule has 0 aliphatic carbocycles. The van der Waals surface area contributed by atoms with E-state index in [-0.39, 0.29) is 5.54 Å². The van der Waals surface area contributed by atoms with E-state index < -0.39 is 0 Å². The molecule has 0 aromatic carbocycles. The summed E-state index contributed by atoms with van der Waals surface area (Å²) in [6, 6.07) is 2.03. The van der Waals surface area contributed by atoms with Gasteiger partial charge in [-0.3, -0.25) is 9.36 Å². The lowest BCUT2D eigenvalue weighted by atomic mass is 10.1. The summed E-state index contributed by atoms with van der Waals surface area (Å²) in [6.07, 6.45) is 4.51. The molecule has 19 heavy (non-hydrogen) atoms. The van der Waals surface area contributed by atoms with Crippen LogP contribution in [-0.4, -0.2) is 30.1 Å². The zero-order valence-corrected chi connectivity index (χ0v) is 12.1. The van der Waals surface area contributed by atoms with E-state index >= 15 is 0 Å². The van der Waals surface area contributed by atoms with Gasteiger partial charge in [0.05, 0.1) is 6.54 Å². The second-order valence-corrected chi connectivity index (χ2v) is 5.72. The topological polar surface area (TPSA) is 60.6 Å². The van der Waals surface area contributed by atoms with Crippen LogP contribution in [0.5, 0.6) is 0 Å². The van der Waals surface area contributed by atoms with Gasteiger partial charge in [0, 0.05) is 37.4 Å². The highest BCUT2D eigenvalue weighted by Crippen LogP contribution is 2.02. The van der Waals surface area contributed by atoms with Gasteiger partial charge in [-0.2, -0.15) is 10.2 Å². The molecule has 0 aliphatic rings. The Morgan fingerprint density at radius 1 is 1.32 bits per heavy atom. The van der Waals surface area contributed by atoms with Crippen molar-refractivity contribution in [3.05, 3.63) is 30.1 Å². The van der Waals surface area contributed by atoms with Gasteiger partial charge in [-0.1, -0.05) is 0 Å². The van der Waals surface area contributed by atoms with Crippen LogP contribution in [0.2, 0.25) is 0 Å². The van der Waals surface area contributed by atoms with Crippen molar-refractivity contribution in [1.82, 2.24) is 29.9 Å². The molecule has 0 spiro atoms. The van der Waals surface area contributed by atoms with Gasteiger partial charge in [0.25, 0.3) is 0 Å². The summed E-state index contributed by atoms with van der Waals surface area (Å²) in [4.78, 5) is 4.31. The maximum atomic E-state index is 4.46. The molecule has 0 aliphatic heterocycles. The summed E-state index contributed by atoms with van der Waals surface area (Å²) in [5.74, 6) is 0.833. The first-order valence-corrected chi connectivity index (χ1v) is 6.54. The predicted molar refractivity (Wildman–Crippen MR) is 73.5 cm³/mol. The van der Waals surface area contributed by atoms with Crippen molar-refractivity contribution in [3.8, 4) is 0 Å². The van der Waals surface area contributed by atoms with Gasteiger partial charge < -0.3 is 5.32 Å². The van der Waals surface area contributed by atoms with Gasteiger partial charge in [0.1, 0.15) is 6.33 Å². The maximum absolute atomic E-state index is 4.46. The molecule has 0 saturated heterocycles. The molecule has 0 atom stereocenters. The average Bonchev–Trinajstić information content (AvgIpc) is 2.92. The first kappa shape index (κ1) is 13.7. The smallest absolute Gasteiger partial charge is 0.164 e. The molecule has 0 bridgehead atoms. The van der Waals surface area contributed by atoms with Crippen molar-refractivity contribution in [2.24, 2.45) is 7.05 Å². The lowest BCUT2D eigenvalue weighted by molar-refractivity contribution is 0.416. The van der Waals surface area contributed by atoms with E-state index in [1.54, 1.807) is 6.33 Å². The summed E-state index contributed by atoms with van der Waals surface area (Å²) >= 11 is 0. The Labute approximate surface area is 113 Å². The number of aryl methyl sites for hydroxylation is 3. The minimum absolute atomic E-state index is 0.0835. The van der Waals surface area contributed by atoms with Crippen molar-refractivity contribution in [3.63, 3.8) is 0 Å². The van der Waals surface area contributed by atoms with E-state index in [9.17, 15) is 0 Å². The highest BCUT2D eigenvalue weighted by molar-refractivity contribution is 4.99. The molecule has 0 amide bonds. The Morgan fingerprint density at radius 3 is 2.74 bits per heavy atom. The Bertz CT molecular complexity index is 519. The molecule has 1 N–H and O–H groups in total. The summed E-state index contributed by atoms with van der Waals surface area (Å²) in [6.45, 7) is 7.91. The molecule has 2 aromatic rings. The number of nitrogens with zero attached hydrogens (tertiary/aromatic N) is 5. The normalized spacial score (nSPS) is 12.0. The first-order valence-electron chi connectivity index (χ1n) is 6.54. The van der Waals surface area contributed by atoms with Crippen LogP contribution in [0.25, 0.3) is 0 Å². The quantitative estimate of drug-likeness (QED) is 0.878. The summed E-state index contributed by atoms with van der Waals surface area (Å²) < 4.78 is 3.77. The lowest BCUT2D eigenvalue weighted by Crippen LogP contribution is -2.35. The van der Waals surface area contributed by atoms with E-state index in [1.807, 2.05) is 28.7 Å². The monoisotopic (exact) mass is 262 g/mol. The van der Waals surface area contributed by atoms with E-state index in [1.165, 1.54) is 5.69 Å². The molecule has 2 aromatic heterocycles. The number of aromatic nitrogens is 5. The molecular formula is C13H22N6. The van der Waals surface area contributed by atoms with E-state index in [2.05, 4.69) is 41.3 Å². The minimum Gasteiger partial charge on any atom is -0.305 e. The number of rotatable bonds is 5. The predicted octanol–water partition coefficient (Wildman–Crippen LogP) is 1.14. The molecule has 2 rings (SSSR count). The molecule has 6 nitrogen and oxygen atoms in total. The largest absolute Gasteiger partial charge is 0.305 e. The van der Waals surface area contributed by atoms with Gasteiger partial charge in [-0.05, 0) is 26.8 Å². The van der Waals surface area contributed by atoms with Gasteiger partial charge in [-0.25, -0.2) is 4.98 Å². The zero-order chi connectivity index (χ0) is 13.9. The summed E-state index contributed by atoms with van der Waals surface area (Å²) in [5.41, 5.74) is 1.28. The highest BCUT2D eigenvalue weighted by Gasteiger charge is 2.10. The molecule has 0 radical (unpaired) electrons. The van der Waals surface area contributed by atoms with E-state index in [0.29, 0.717) is 6.54 Å². The maximum Gasteiger partial charge on any atom is 0.164 e. The van der Waals surface area contributed by atoms with Gasteiger partial charge in [-0.15, -0.1) is 0 Å². The van der Waals surface area contributed by atoms with Gasteiger partial charge >= 0.3 is 0 Å². The molecule has 0 unspecified atom stereocenters. The van der Waals surface area contributed by atoms with Crippen molar-refractivity contribution in [1.29, 1.82) is 0 Å². The third-order valence-electron chi connectivity index (χ3n) is 2.88. The second kappa shape index (κ2) is 5.52.